The van der Waals surface area contributed by atoms with E-state index in [0.717, 1.165) is 49.8 Å². The number of carbonyl (C=O) groups is 1. The van der Waals surface area contributed by atoms with Crippen LogP contribution in [0.2, 0.25) is 0 Å². The van der Waals surface area contributed by atoms with Crippen molar-refractivity contribution in [3.63, 3.8) is 0 Å². The van der Waals surface area contributed by atoms with Gasteiger partial charge in [0, 0.05) is 12.0 Å². The first-order valence-corrected chi connectivity index (χ1v) is 7.68. The van der Waals surface area contributed by atoms with Crippen molar-refractivity contribution < 1.29 is 14.3 Å². The highest BCUT2D eigenvalue weighted by Gasteiger charge is 2.36. The molecule has 2 aliphatic rings. The lowest BCUT2D eigenvalue weighted by Crippen LogP contribution is -2.40. The van der Waals surface area contributed by atoms with Gasteiger partial charge in [0.2, 0.25) is 0 Å². The van der Waals surface area contributed by atoms with E-state index in [2.05, 4.69) is 24.0 Å². The first kappa shape index (κ1) is 13.7. The van der Waals surface area contributed by atoms with Crippen molar-refractivity contribution in [2.75, 3.05) is 6.54 Å². The molecule has 0 spiro atoms. The van der Waals surface area contributed by atoms with Crippen LogP contribution in [0.3, 0.4) is 0 Å². The molecule has 1 aliphatic carbocycles. The van der Waals surface area contributed by atoms with Crippen LogP contribution in [0.5, 0.6) is 0 Å². The number of piperidine rings is 1. The Hall–Kier alpha value is -1.29. The van der Waals surface area contributed by atoms with Crippen LogP contribution in [0.1, 0.15) is 56.5 Å². The van der Waals surface area contributed by atoms with Crippen molar-refractivity contribution in [1.82, 2.24) is 4.90 Å². The summed E-state index contributed by atoms with van der Waals surface area (Å²) in [7, 11) is 0. The molecule has 4 nitrogen and oxygen atoms in total. The Bertz CT molecular complexity index is 482. The van der Waals surface area contributed by atoms with Crippen LogP contribution >= 0.6 is 0 Å². The molecule has 110 valence electrons. The van der Waals surface area contributed by atoms with Crippen molar-refractivity contribution in [2.45, 2.75) is 57.5 Å². The minimum Gasteiger partial charge on any atom is -0.481 e. The number of carboxylic acids is 1. The van der Waals surface area contributed by atoms with Gasteiger partial charge in [0.05, 0.1) is 13.0 Å². The van der Waals surface area contributed by atoms with Crippen molar-refractivity contribution >= 4 is 5.97 Å². The minimum atomic E-state index is -0.700. The molecule has 1 saturated heterocycles. The molecule has 3 unspecified atom stereocenters. The molecule has 20 heavy (non-hydrogen) atoms. The summed E-state index contributed by atoms with van der Waals surface area (Å²) in [4.78, 5) is 13.2. The topological polar surface area (TPSA) is 53.7 Å². The van der Waals surface area contributed by atoms with Crippen molar-refractivity contribution in [1.29, 1.82) is 0 Å². The summed E-state index contributed by atoms with van der Waals surface area (Å²) in [6, 6.07) is 4.32. The molecule has 1 N–H and O–H groups in total. The largest absolute Gasteiger partial charge is 0.481 e. The average Bonchev–Trinajstić information content (AvgIpc) is 2.96. The zero-order valence-corrected chi connectivity index (χ0v) is 12.0. The molecule has 3 rings (SSSR count). The number of carboxylic acid groups (broad SMARTS) is 1. The second kappa shape index (κ2) is 5.60. The molecule has 0 aromatic carbocycles. The van der Waals surface area contributed by atoms with Gasteiger partial charge < -0.3 is 9.52 Å². The van der Waals surface area contributed by atoms with Crippen LogP contribution < -0.4 is 0 Å². The lowest BCUT2D eigenvalue weighted by Gasteiger charge is -2.34. The van der Waals surface area contributed by atoms with E-state index in [9.17, 15) is 4.79 Å². The van der Waals surface area contributed by atoms with E-state index in [1.807, 2.05) is 0 Å². The van der Waals surface area contributed by atoms with Gasteiger partial charge in [-0.15, -0.1) is 0 Å². The predicted octanol–water partition coefficient (Wildman–Crippen LogP) is 3.23. The maximum absolute atomic E-state index is 11.0. The molecule has 3 atom stereocenters. The molecule has 1 saturated carbocycles. The molecule has 0 radical (unpaired) electrons. The van der Waals surface area contributed by atoms with Crippen molar-refractivity contribution in [3.05, 3.63) is 23.7 Å². The molecule has 1 aromatic rings. The molecular weight excluding hydrogens is 254 g/mol. The Morgan fingerprint density at radius 1 is 1.45 bits per heavy atom. The standard InChI is InChI=1S/C16H23NO3/c1-11-8-14(11)15-6-5-13(20-15)10-17-7-3-2-4-12(17)9-16(18)19/h5-6,11-12,14H,2-4,7-10H2,1H3,(H,18,19). The number of hydrogen-bond acceptors (Lipinski definition) is 3. The average molecular weight is 277 g/mol. The normalized spacial score (nSPS) is 30.4. The van der Waals surface area contributed by atoms with Gasteiger partial charge in [-0.2, -0.15) is 0 Å². The fourth-order valence-corrected chi connectivity index (χ4v) is 3.30. The predicted molar refractivity (Wildman–Crippen MR) is 75.5 cm³/mol. The van der Waals surface area contributed by atoms with Crippen LogP contribution in [0.4, 0.5) is 0 Å². The maximum Gasteiger partial charge on any atom is 0.304 e. The zero-order chi connectivity index (χ0) is 14.1. The van der Waals surface area contributed by atoms with E-state index in [1.54, 1.807) is 0 Å². The monoisotopic (exact) mass is 277 g/mol. The summed E-state index contributed by atoms with van der Waals surface area (Å²) in [5.41, 5.74) is 0. The molecule has 4 heteroatoms. The summed E-state index contributed by atoms with van der Waals surface area (Å²) in [5.74, 6) is 2.76. The highest BCUT2D eigenvalue weighted by Crippen LogP contribution is 2.47. The highest BCUT2D eigenvalue weighted by atomic mass is 16.4. The van der Waals surface area contributed by atoms with Gasteiger partial charge in [-0.3, -0.25) is 9.69 Å². The first-order chi connectivity index (χ1) is 9.63. The smallest absolute Gasteiger partial charge is 0.304 e. The summed E-state index contributed by atoms with van der Waals surface area (Å²) >= 11 is 0. The molecule has 1 aromatic heterocycles. The van der Waals surface area contributed by atoms with Gasteiger partial charge in [-0.1, -0.05) is 13.3 Å². The van der Waals surface area contributed by atoms with E-state index in [4.69, 9.17) is 9.52 Å². The van der Waals surface area contributed by atoms with Crippen LogP contribution in [0.15, 0.2) is 16.5 Å². The number of rotatable bonds is 5. The molecule has 0 bridgehead atoms. The van der Waals surface area contributed by atoms with E-state index >= 15 is 0 Å². The van der Waals surface area contributed by atoms with Crippen LogP contribution in [-0.2, 0) is 11.3 Å². The van der Waals surface area contributed by atoms with Crippen molar-refractivity contribution in [3.8, 4) is 0 Å². The SMILES string of the molecule is CC1CC1c1ccc(CN2CCCCC2CC(=O)O)o1. The second-order valence-corrected chi connectivity index (χ2v) is 6.34. The molecule has 0 amide bonds. The summed E-state index contributed by atoms with van der Waals surface area (Å²) in [6.07, 6.45) is 4.76. The third kappa shape index (κ3) is 3.06. The van der Waals surface area contributed by atoms with Gasteiger partial charge >= 0.3 is 5.97 Å². The third-order valence-corrected chi connectivity index (χ3v) is 4.68. The Morgan fingerprint density at radius 3 is 2.95 bits per heavy atom. The Morgan fingerprint density at radius 2 is 2.25 bits per heavy atom. The summed E-state index contributed by atoms with van der Waals surface area (Å²) in [5, 5.41) is 9.01. The maximum atomic E-state index is 11.0. The fraction of sp³-hybridized carbons (Fsp3) is 0.688. The summed E-state index contributed by atoms with van der Waals surface area (Å²) < 4.78 is 5.94. The molecule has 2 heterocycles. The van der Waals surface area contributed by atoms with E-state index in [0.29, 0.717) is 5.92 Å². The number of likely N-dealkylation sites (tertiary alicyclic amines) is 1. The Kier molecular flexibility index (Phi) is 3.83. The molecular formula is C16H23NO3. The Balaban J connectivity index is 1.62. The lowest BCUT2D eigenvalue weighted by molar-refractivity contribution is -0.138. The van der Waals surface area contributed by atoms with E-state index < -0.39 is 5.97 Å². The fourth-order valence-electron chi connectivity index (χ4n) is 3.30. The third-order valence-electron chi connectivity index (χ3n) is 4.68. The second-order valence-electron chi connectivity index (χ2n) is 6.34. The number of aliphatic carboxylic acids is 1. The summed E-state index contributed by atoms with van der Waals surface area (Å²) in [6.45, 7) is 3.98. The van der Waals surface area contributed by atoms with Gasteiger partial charge in [0.1, 0.15) is 11.5 Å². The number of nitrogens with zero attached hydrogens (tertiary/aromatic N) is 1. The van der Waals surface area contributed by atoms with Gasteiger partial charge in [-0.05, 0) is 43.9 Å². The lowest BCUT2D eigenvalue weighted by atomic mass is 9.99. The quantitative estimate of drug-likeness (QED) is 0.897. The van der Waals surface area contributed by atoms with Crippen LogP contribution in [0, 0.1) is 5.92 Å². The van der Waals surface area contributed by atoms with E-state index in [1.165, 1.54) is 6.42 Å². The molecule has 2 fully saturated rings. The van der Waals surface area contributed by atoms with Gasteiger partial charge in [-0.25, -0.2) is 0 Å². The first-order valence-electron chi connectivity index (χ1n) is 7.68. The Labute approximate surface area is 119 Å². The minimum absolute atomic E-state index is 0.162. The van der Waals surface area contributed by atoms with Gasteiger partial charge in [0.25, 0.3) is 0 Å². The van der Waals surface area contributed by atoms with Gasteiger partial charge in [0.15, 0.2) is 0 Å². The van der Waals surface area contributed by atoms with Crippen molar-refractivity contribution in [2.24, 2.45) is 5.92 Å². The number of furan rings is 1. The van der Waals surface area contributed by atoms with Crippen LogP contribution in [0.25, 0.3) is 0 Å². The molecule has 1 aliphatic heterocycles. The number of hydrogen-bond donors (Lipinski definition) is 1. The van der Waals surface area contributed by atoms with E-state index in [-0.39, 0.29) is 12.5 Å². The van der Waals surface area contributed by atoms with Crippen LogP contribution in [-0.4, -0.2) is 28.6 Å². The highest BCUT2D eigenvalue weighted by molar-refractivity contribution is 5.67. The zero-order valence-electron chi connectivity index (χ0n) is 12.0.